The van der Waals surface area contributed by atoms with Gasteiger partial charge in [-0.25, -0.2) is 0 Å². The van der Waals surface area contributed by atoms with E-state index in [1.165, 1.54) is 44.2 Å². The average Bonchev–Trinajstić information content (AvgIpc) is 3.30. The summed E-state index contributed by atoms with van der Waals surface area (Å²) in [5.41, 5.74) is 1.42. The number of nitrogens with zero attached hydrogens (tertiary/aromatic N) is 3. The van der Waals surface area contributed by atoms with Crippen LogP contribution in [0.25, 0.3) is 0 Å². The normalized spacial score (nSPS) is 24.5. The molecule has 1 aromatic rings. The largest absolute Gasteiger partial charge is 0.356 e. The third-order valence-corrected chi connectivity index (χ3v) is 7.28. The zero-order valence-electron chi connectivity index (χ0n) is 19.5. The van der Waals surface area contributed by atoms with Crippen LogP contribution in [0.4, 0.5) is 0 Å². The van der Waals surface area contributed by atoms with Crippen LogP contribution in [0.1, 0.15) is 56.9 Å². The molecule has 1 amide bonds. The van der Waals surface area contributed by atoms with E-state index in [-0.39, 0.29) is 29.9 Å². The van der Waals surface area contributed by atoms with Crippen molar-refractivity contribution in [2.24, 2.45) is 10.9 Å². The smallest absolute Gasteiger partial charge is 0.221 e. The number of fused-ring (bicyclic) bond motifs is 1. The summed E-state index contributed by atoms with van der Waals surface area (Å²) < 4.78 is 0. The Kier molecular flexibility index (Phi) is 10.1. The minimum Gasteiger partial charge on any atom is -0.356 e. The number of benzene rings is 1. The molecule has 1 aromatic carbocycles. The van der Waals surface area contributed by atoms with Gasteiger partial charge < -0.3 is 15.5 Å². The number of guanidine groups is 1. The molecule has 0 bridgehead atoms. The minimum atomic E-state index is 0. The zero-order chi connectivity index (χ0) is 21.5. The van der Waals surface area contributed by atoms with Crippen molar-refractivity contribution >= 4 is 35.8 Å². The Morgan fingerprint density at radius 1 is 1.06 bits per heavy atom. The van der Waals surface area contributed by atoms with Gasteiger partial charge in [-0.3, -0.25) is 14.7 Å². The van der Waals surface area contributed by atoms with E-state index in [2.05, 4.69) is 55.8 Å². The van der Waals surface area contributed by atoms with Gasteiger partial charge in [0.15, 0.2) is 5.96 Å². The standard InChI is InChI=1S/C25H39N5O.HI/c1-26-25(27-15-13-24(31)28-22-11-5-6-12-22)30-17-14-23-21(19-30)10-7-16-29(23)18-20-8-3-2-4-9-20;/h2-4,8-9,21-23H,5-7,10-19H2,1H3,(H,26,27)(H,28,31);1H. The zero-order valence-corrected chi connectivity index (χ0v) is 21.8. The first kappa shape index (κ1) is 25.3. The highest BCUT2D eigenvalue weighted by Gasteiger charge is 2.36. The van der Waals surface area contributed by atoms with Crippen molar-refractivity contribution in [1.29, 1.82) is 0 Å². The van der Waals surface area contributed by atoms with Crippen molar-refractivity contribution in [3.63, 3.8) is 0 Å². The molecule has 3 aliphatic rings. The molecule has 6 nitrogen and oxygen atoms in total. The Bertz CT molecular complexity index is 737. The van der Waals surface area contributed by atoms with Crippen LogP contribution in [0.5, 0.6) is 0 Å². The molecule has 2 atom stereocenters. The molecule has 1 aliphatic carbocycles. The van der Waals surface area contributed by atoms with Gasteiger partial charge in [-0.05, 0) is 50.1 Å². The predicted molar refractivity (Wildman–Crippen MR) is 141 cm³/mol. The lowest BCUT2D eigenvalue weighted by Crippen LogP contribution is -2.56. The molecule has 0 radical (unpaired) electrons. The van der Waals surface area contributed by atoms with E-state index in [0.29, 0.717) is 31.0 Å². The molecule has 178 valence electrons. The number of carbonyl (C=O) groups excluding carboxylic acids is 1. The maximum Gasteiger partial charge on any atom is 0.221 e. The van der Waals surface area contributed by atoms with Gasteiger partial charge in [0.2, 0.25) is 5.91 Å². The van der Waals surface area contributed by atoms with Crippen LogP contribution in [0.3, 0.4) is 0 Å². The molecule has 2 saturated heterocycles. The van der Waals surface area contributed by atoms with E-state index in [4.69, 9.17) is 0 Å². The van der Waals surface area contributed by atoms with Crippen LogP contribution in [0.15, 0.2) is 35.3 Å². The SMILES string of the molecule is CN=C(NCCC(=O)NC1CCCC1)N1CCC2C(CCCN2Cc2ccccc2)C1.I. The molecule has 4 rings (SSSR count). The molecule has 2 heterocycles. The second-order valence-electron chi connectivity index (χ2n) is 9.43. The lowest BCUT2D eigenvalue weighted by atomic mass is 9.83. The number of likely N-dealkylation sites (tertiary alicyclic amines) is 2. The fourth-order valence-electron chi connectivity index (χ4n) is 5.70. The fourth-order valence-corrected chi connectivity index (χ4v) is 5.70. The van der Waals surface area contributed by atoms with E-state index in [1.807, 2.05) is 7.05 Å². The van der Waals surface area contributed by atoms with Gasteiger partial charge in [0.25, 0.3) is 0 Å². The molecule has 1 saturated carbocycles. The summed E-state index contributed by atoms with van der Waals surface area (Å²) in [5, 5.41) is 6.62. The average molecular weight is 554 g/mol. The maximum absolute atomic E-state index is 12.2. The number of hydrogen-bond acceptors (Lipinski definition) is 3. The lowest BCUT2D eigenvalue weighted by molar-refractivity contribution is -0.121. The Morgan fingerprint density at radius 2 is 1.84 bits per heavy atom. The summed E-state index contributed by atoms with van der Waals surface area (Å²) in [5.74, 6) is 1.81. The van der Waals surface area contributed by atoms with Crippen LogP contribution in [0, 0.1) is 5.92 Å². The van der Waals surface area contributed by atoms with Gasteiger partial charge in [-0.2, -0.15) is 0 Å². The molecule has 3 fully saturated rings. The summed E-state index contributed by atoms with van der Waals surface area (Å²) >= 11 is 0. The predicted octanol–water partition coefficient (Wildman–Crippen LogP) is 3.62. The third kappa shape index (κ3) is 6.83. The topological polar surface area (TPSA) is 60.0 Å². The highest BCUT2D eigenvalue weighted by molar-refractivity contribution is 14.0. The van der Waals surface area contributed by atoms with Gasteiger partial charge in [-0.15, -0.1) is 24.0 Å². The number of aliphatic imine (C=N–C) groups is 1. The first-order valence-electron chi connectivity index (χ1n) is 12.3. The van der Waals surface area contributed by atoms with Crippen molar-refractivity contribution < 1.29 is 4.79 Å². The van der Waals surface area contributed by atoms with Crippen LogP contribution >= 0.6 is 24.0 Å². The summed E-state index contributed by atoms with van der Waals surface area (Å²) in [6.07, 6.45) is 9.03. The minimum absolute atomic E-state index is 0. The highest BCUT2D eigenvalue weighted by Crippen LogP contribution is 2.31. The molecular weight excluding hydrogens is 513 g/mol. The van der Waals surface area contributed by atoms with E-state index >= 15 is 0 Å². The number of piperidine rings is 2. The Labute approximate surface area is 210 Å². The van der Waals surface area contributed by atoms with Gasteiger partial charge in [0.05, 0.1) is 0 Å². The number of amides is 1. The second kappa shape index (κ2) is 12.8. The molecule has 7 heteroatoms. The van der Waals surface area contributed by atoms with Crippen LogP contribution in [-0.2, 0) is 11.3 Å². The summed E-state index contributed by atoms with van der Waals surface area (Å²) in [6, 6.07) is 11.9. The van der Waals surface area contributed by atoms with Gasteiger partial charge in [0.1, 0.15) is 0 Å². The van der Waals surface area contributed by atoms with Crippen molar-refractivity contribution in [1.82, 2.24) is 20.4 Å². The number of carbonyl (C=O) groups is 1. The number of nitrogens with one attached hydrogen (secondary N) is 2. The highest BCUT2D eigenvalue weighted by atomic mass is 127. The molecule has 2 unspecified atom stereocenters. The van der Waals surface area contributed by atoms with Crippen molar-refractivity contribution in [2.75, 3.05) is 33.2 Å². The first-order chi connectivity index (χ1) is 15.2. The fraction of sp³-hybridized carbons (Fsp3) is 0.680. The van der Waals surface area contributed by atoms with Gasteiger partial charge in [-0.1, -0.05) is 43.2 Å². The van der Waals surface area contributed by atoms with Gasteiger partial charge >= 0.3 is 0 Å². The molecule has 32 heavy (non-hydrogen) atoms. The van der Waals surface area contributed by atoms with Crippen LogP contribution in [-0.4, -0.2) is 67.0 Å². The summed E-state index contributed by atoms with van der Waals surface area (Å²) in [4.78, 5) is 21.8. The molecule has 2 N–H and O–H groups in total. The lowest BCUT2D eigenvalue weighted by Gasteiger charge is -2.48. The number of rotatable bonds is 6. The maximum atomic E-state index is 12.2. The monoisotopic (exact) mass is 553 g/mol. The Morgan fingerprint density at radius 3 is 2.59 bits per heavy atom. The quantitative estimate of drug-likeness (QED) is 0.321. The van der Waals surface area contributed by atoms with Crippen molar-refractivity contribution in [2.45, 2.75) is 70.0 Å². The second-order valence-corrected chi connectivity index (χ2v) is 9.43. The first-order valence-corrected chi connectivity index (χ1v) is 12.3. The number of halogens is 1. The summed E-state index contributed by atoms with van der Waals surface area (Å²) in [7, 11) is 1.86. The van der Waals surface area contributed by atoms with E-state index < -0.39 is 0 Å². The van der Waals surface area contributed by atoms with Gasteiger partial charge in [0, 0.05) is 51.7 Å². The number of hydrogen-bond donors (Lipinski definition) is 2. The van der Waals surface area contributed by atoms with Crippen molar-refractivity contribution in [3.05, 3.63) is 35.9 Å². The van der Waals surface area contributed by atoms with Crippen LogP contribution in [0.2, 0.25) is 0 Å². The molecule has 0 aromatic heterocycles. The molecule has 0 spiro atoms. The third-order valence-electron chi connectivity index (χ3n) is 7.28. The van der Waals surface area contributed by atoms with E-state index in [0.717, 1.165) is 38.4 Å². The van der Waals surface area contributed by atoms with E-state index in [1.54, 1.807) is 0 Å². The summed E-state index contributed by atoms with van der Waals surface area (Å²) in [6.45, 7) is 5.00. The van der Waals surface area contributed by atoms with Crippen molar-refractivity contribution in [3.8, 4) is 0 Å². The molecular formula is C25H40IN5O. The van der Waals surface area contributed by atoms with E-state index in [9.17, 15) is 4.79 Å². The Balaban J connectivity index is 0.00000289. The Hall–Kier alpha value is -1.35. The van der Waals surface area contributed by atoms with Crippen LogP contribution < -0.4 is 10.6 Å². The molecule has 2 aliphatic heterocycles.